The average Bonchev–Trinajstić information content (AvgIpc) is 3.06. The predicted octanol–water partition coefficient (Wildman–Crippen LogP) is 1.58. The van der Waals surface area contributed by atoms with Gasteiger partial charge in [-0.05, 0) is 17.7 Å². The normalized spacial score (nSPS) is 17.0. The van der Waals surface area contributed by atoms with Gasteiger partial charge in [-0.1, -0.05) is 36.4 Å². The van der Waals surface area contributed by atoms with E-state index in [1.54, 1.807) is 18.3 Å². The number of rotatable bonds is 3. The topological polar surface area (TPSA) is 65.8 Å². The molecule has 2 aromatic rings. The van der Waals surface area contributed by atoms with Gasteiger partial charge in [0.2, 0.25) is 5.91 Å². The van der Waals surface area contributed by atoms with E-state index in [0.29, 0.717) is 30.2 Å². The monoisotopic (exact) mass is 295 g/mol. The van der Waals surface area contributed by atoms with Crippen molar-refractivity contribution in [3.05, 3.63) is 66.0 Å². The van der Waals surface area contributed by atoms with E-state index in [1.807, 2.05) is 36.4 Å². The standard InChI is InChI=1S/C17H17N3O2/c1-13(21)20-12-11-19-16(20)17(22,14-7-3-2-4-8-14)15-9-5-6-10-18-15/h2-10,22H,11-12H2,1H3. The summed E-state index contributed by atoms with van der Waals surface area (Å²) >= 11 is 0. The molecule has 0 saturated heterocycles. The Balaban J connectivity index is 2.19. The molecule has 2 heterocycles. The van der Waals surface area contributed by atoms with E-state index < -0.39 is 5.60 Å². The quantitative estimate of drug-likeness (QED) is 0.935. The zero-order valence-electron chi connectivity index (χ0n) is 12.3. The van der Waals surface area contributed by atoms with Crippen LogP contribution in [-0.4, -0.2) is 39.8 Å². The average molecular weight is 295 g/mol. The Morgan fingerprint density at radius 1 is 1.18 bits per heavy atom. The Bertz CT molecular complexity index is 659. The number of aliphatic hydroxyl groups is 1. The molecule has 1 atom stereocenters. The zero-order valence-corrected chi connectivity index (χ0v) is 12.3. The van der Waals surface area contributed by atoms with E-state index in [4.69, 9.17) is 0 Å². The number of hydrogen-bond acceptors (Lipinski definition) is 4. The molecule has 1 aliphatic rings. The summed E-state index contributed by atoms with van der Waals surface area (Å²) in [6, 6.07) is 14.5. The van der Waals surface area contributed by atoms with Crippen molar-refractivity contribution >= 4 is 11.7 Å². The molecule has 1 amide bonds. The molecule has 1 aliphatic heterocycles. The molecule has 1 unspecified atom stereocenters. The third-order valence-electron chi connectivity index (χ3n) is 3.77. The van der Waals surface area contributed by atoms with Gasteiger partial charge in [0, 0.05) is 19.7 Å². The molecule has 1 aromatic heterocycles. The van der Waals surface area contributed by atoms with Crippen molar-refractivity contribution < 1.29 is 9.90 Å². The Kier molecular flexibility index (Phi) is 3.73. The fourth-order valence-corrected chi connectivity index (χ4v) is 2.71. The van der Waals surface area contributed by atoms with E-state index >= 15 is 0 Å². The van der Waals surface area contributed by atoms with Crippen LogP contribution in [-0.2, 0) is 10.4 Å². The van der Waals surface area contributed by atoms with Gasteiger partial charge < -0.3 is 5.11 Å². The summed E-state index contributed by atoms with van der Waals surface area (Å²) in [5, 5.41) is 11.5. The number of amidine groups is 1. The molecule has 3 rings (SSSR count). The number of amides is 1. The lowest BCUT2D eigenvalue weighted by Crippen LogP contribution is -2.48. The molecular weight excluding hydrogens is 278 g/mol. The van der Waals surface area contributed by atoms with Crippen LogP contribution >= 0.6 is 0 Å². The minimum absolute atomic E-state index is 0.137. The molecule has 0 fully saturated rings. The van der Waals surface area contributed by atoms with Gasteiger partial charge in [0.15, 0.2) is 5.60 Å². The molecule has 22 heavy (non-hydrogen) atoms. The summed E-state index contributed by atoms with van der Waals surface area (Å²) in [6.07, 6.45) is 1.62. The van der Waals surface area contributed by atoms with E-state index in [0.717, 1.165) is 0 Å². The third-order valence-corrected chi connectivity index (χ3v) is 3.77. The SMILES string of the molecule is CC(=O)N1CCN=C1C(O)(c1ccccc1)c1ccccn1. The molecule has 0 bridgehead atoms. The maximum Gasteiger partial charge on any atom is 0.224 e. The molecule has 112 valence electrons. The number of nitrogens with zero attached hydrogens (tertiary/aromatic N) is 3. The smallest absolute Gasteiger partial charge is 0.224 e. The van der Waals surface area contributed by atoms with Crippen LogP contribution in [0.15, 0.2) is 59.7 Å². The molecule has 1 N–H and O–H groups in total. The highest BCUT2D eigenvalue weighted by atomic mass is 16.3. The molecule has 0 aliphatic carbocycles. The van der Waals surface area contributed by atoms with Crippen molar-refractivity contribution in [2.45, 2.75) is 12.5 Å². The zero-order chi connectivity index (χ0) is 15.6. The first kappa shape index (κ1) is 14.4. The van der Waals surface area contributed by atoms with Crippen LogP contribution in [0.2, 0.25) is 0 Å². The van der Waals surface area contributed by atoms with Gasteiger partial charge in [-0.2, -0.15) is 0 Å². The van der Waals surface area contributed by atoms with Crippen molar-refractivity contribution in [2.24, 2.45) is 4.99 Å². The highest BCUT2D eigenvalue weighted by molar-refractivity contribution is 6.05. The van der Waals surface area contributed by atoms with Crippen LogP contribution in [0.25, 0.3) is 0 Å². The van der Waals surface area contributed by atoms with Crippen molar-refractivity contribution in [3.8, 4) is 0 Å². The van der Waals surface area contributed by atoms with Crippen molar-refractivity contribution in [1.29, 1.82) is 0 Å². The minimum atomic E-state index is -1.54. The summed E-state index contributed by atoms with van der Waals surface area (Å²) in [4.78, 5) is 22.1. The first-order valence-electron chi connectivity index (χ1n) is 7.16. The first-order valence-corrected chi connectivity index (χ1v) is 7.16. The van der Waals surface area contributed by atoms with Crippen LogP contribution in [0, 0.1) is 0 Å². The largest absolute Gasteiger partial charge is 0.372 e. The van der Waals surface area contributed by atoms with Gasteiger partial charge in [0.25, 0.3) is 0 Å². The van der Waals surface area contributed by atoms with E-state index in [1.165, 1.54) is 11.8 Å². The maximum atomic E-state index is 11.9. The van der Waals surface area contributed by atoms with Gasteiger partial charge in [-0.25, -0.2) is 0 Å². The summed E-state index contributed by atoms with van der Waals surface area (Å²) in [5.41, 5.74) is -0.446. The van der Waals surface area contributed by atoms with E-state index in [2.05, 4.69) is 9.98 Å². The summed E-state index contributed by atoms with van der Waals surface area (Å²) in [6.45, 7) is 2.44. The van der Waals surface area contributed by atoms with Crippen LogP contribution in [0.4, 0.5) is 0 Å². The number of hydrogen-bond donors (Lipinski definition) is 1. The van der Waals surface area contributed by atoms with E-state index in [9.17, 15) is 9.90 Å². The molecule has 5 nitrogen and oxygen atoms in total. The van der Waals surface area contributed by atoms with Gasteiger partial charge in [0.05, 0.1) is 12.2 Å². The van der Waals surface area contributed by atoms with Gasteiger partial charge in [0.1, 0.15) is 5.84 Å². The van der Waals surface area contributed by atoms with Crippen molar-refractivity contribution in [1.82, 2.24) is 9.88 Å². The summed E-state index contributed by atoms with van der Waals surface area (Å²) in [7, 11) is 0. The molecule has 0 radical (unpaired) electrons. The van der Waals surface area contributed by atoms with Crippen LogP contribution in [0.1, 0.15) is 18.2 Å². The van der Waals surface area contributed by atoms with Gasteiger partial charge in [-0.15, -0.1) is 0 Å². The minimum Gasteiger partial charge on any atom is -0.372 e. The first-order chi connectivity index (χ1) is 10.6. The Hall–Kier alpha value is -2.53. The number of carbonyl (C=O) groups excluding carboxylic acids is 1. The lowest BCUT2D eigenvalue weighted by molar-refractivity contribution is -0.125. The number of aliphatic imine (C=N–C) groups is 1. The predicted molar refractivity (Wildman–Crippen MR) is 83.4 cm³/mol. The number of pyridine rings is 1. The number of aromatic nitrogens is 1. The second kappa shape index (κ2) is 5.69. The lowest BCUT2D eigenvalue weighted by Gasteiger charge is -2.32. The number of carbonyl (C=O) groups is 1. The fourth-order valence-electron chi connectivity index (χ4n) is 2.71. The van der Waals surface area contributed by atoms with Gasteiger partial charge in [-0.3, -0.25) is 19.7 Å². The molecule has 0 saturated carbocycles. The van der Waals surface area contributed by atoms with Crippen LogP contribution in [0.3, 0.4) is 0 Å². The van der Waals surface area contributed by atoms with Gasteiger partial charge >= 0.3 is 0 Å². The summed E-state index contributed by atoms with van der Waals surface area (Å²) < 4.78 is 0. The highest BCUT2D eigenvalue weighted by Gasteiger charge is 2.44. The molecule has 1 aromatic carbocycles. The van der Waals surface area contributed by atoms with Crippen LogP contribution < -0.4 is 0 Å². The lowest BCUT2D eigenvalue weighted by atomic mass is 9.88. The Morgan fingerprint density at radius 3 is 2.55 bits per heavy atom. The molecule has 0 spiro atoms. The molecule has 5 heteroatoms. The van der Waals surface area contributed by atoms with E-state index in [-0.39, 0.29) is 5.91 Å². The second-order valence-electron chi connectivity index (χ2n) is 5.17. The van der Waals surface area contributed by atoms with Crippen LogP contribution in [0.5, 0.6) is 0 Å². The van der Waals surface area contributed by atoms with Crippen molar-refractivity contribution in [2.75, 3.05) is 13.1 Å². The highest BCUT2D eigenvalue weighted by Crippen LogP contribution is 2.32. The Morgan fingerprint density at radius 2 is 1.91 bits per heavy atom. The summed E-state index contributed by atoms with van der Waals surface area (Å²) in [5.74, 6) is 0.200. The van der Waals surface area contributed by atoms with Crippen molar-refractivity contribution in [3.63, 3.8) is 0 Å². The third kappa shape index (κ3) is 2.29. The Labute approximate surface area is 129 Å². The fraction of sp³-hybridized carbons (Fsp3) is 0.235. The second-order valence-corrected chi connectivity index (χ2v) is 5.17. The maximum absolute atomic E-state index is 11.9. The molecular formula is C17H17N3O2. The number of benzene rings is 1.